The normalized spacial score (nSPS) is 10.3. The highest BCUT2D eigenvalue weighted by Gasteiger charge is 2.19. The van der Waals surface area contributed by atoms with Gasteiger partial charge in [0.2, 0.25) is 0 Å². The summed E-state index contributed by atoms with van der Waals surface area (Å²) in [4.78, 5) is 14.7. The molecule has 0 unspecified atom stereocenters. The Morgan fingerprint density at radius 1 is 1.44 bits per heavy atom. The van der Waals surface area contributed by atoms with E-state index in [9.17, 15) is 10.1 Å². The Balaban J connectivity index is 2.42. The summed E-state index contributed by atoms with van der Waals surface area (Å²) in [5.41, 5.74) is 0.179. The summed E-state index contributed by atoms with van der Waals surface area (Å²) < 4.78 is 5.18. The first-order valence-electron chi connectivity index (χ1n) is 5.65. The molecule has 0 aliphatic rings. The summed E-state index contributed by atoms with van der Waals surface area (Å²) in [5, 5.41) is 14.0. The molecule has 18 heavy (non-hydrogen) atoms. The molecule has 1 N–H and O–H groups in total. The molecule has 0 saturated heterocycles. The predicted molar refractivity (Wildman–Crippen MR) is 67.4 cm³/mol. The molecule has 94 valence electrons. The SMILES string of the molecule is CCCNc1ccc([N+](=O)[O-])c(-c2ccco2)n1. The van der Waals surface area contributed by atoms with Crippen molar-refractivity contribution >= 4 is 11.5 Å². The lowest BCUT2D eigenvalue weighted by molar-refractivity contribution is -0.384. The maximum absolute atomic E-state index is 10.9. The number of aromatic nitrogens is 1. The first-order valence-corrected chi connectivity index (χ1v) is 5.65. The van der Waals surface area contributed by atoms with Gasteiger partial charge in [-0.05, 0) is 24.6 Å². The summed E-state index contributed by atoms with van der Waals surface area (Å²) in [7, 11) is 0. The Morgan fingerprint density at radius 3 is 2.89 bits per heavy atom. The van der Waals surface area contributed by atoms with Crippen LogP contribution in [0.25, 0.3) is 11.5 Å². The third-order valence-corrected chi connectivity index (χ3v) is 2.38. The molecular weight excluding hydrogens is 234 g/mol. The van der Waals surface area contributed by atoms with Crippen LogP contribution in [0.2, 0.25) is 0 Å². The van der Waals surface area contributed by atoms with Gasteiger partial charge in [0.1, 0.15) is 5.82 Å². The molecule has 0 aliphatic carbocycles. The summed E-state index contributed by atoms with van der Waals surface area (Å²) in [6.45, 7) is 2.80. The molecule has 2 heterocycles. The summed E-state index contributed by atoms with van der Waals surface area (Å²) in [6, 6.07) is 6.36. The average Bonchev–Trinajstić information content (AvgIpc) is 2.89. The largest absolute Gasteiger partial charge is 0.462 e. The number of pyridine rings is 1. The molecule has 0 aromatic carbocycles. The van der Waals surface area contributed by atoms with Crippen molar-refractivity contribution in [3.63, 3.8) is 0 Å². The van der Waals surface area contributed by atoms with E-state index in [0.717, 1.165) is 13.0 Å². The first kappa shape index (κ1) is 12.1. The number of nitrogens with one attached hydrogen (secondary N) is 1. The summed E-state index contributed by atoms with van der Waals surface area (Å²) >= 11 is 0. The number of anilines is 1. The summed E-state index contributed by atoms with van der Waals surface area (Å²) in [6.07, 6.45) is 2.42. The zero-order chi connectivity index (χ0) is 13.0. The van der Waals surface area contributed by atoms with Crippen LogP contribution in [0, 0.1) is 10.1 Å². The van der Waals surface area contributed by atoms with E-state index in [1.54, 1.807) is 18.2 Å². The van der Waals surface area contributed by atoms with Crippen LogP contribution in [0.15, 0.2) is 34.9 Å². The molecule has 0 radical (unpaired) electrons. The molecule has 0 bridgehead atoms. The Hall–Kier alpha value is -2.37. The van der Waals surface area contributed by atoms with Crippen molar-refractivity contribution in [2.75, 3.05) is 11.9 Å². The molecule has 2 rings (SSSR count). The highest BCUT2D eigenvalue weighted by atomic mass is 16.6. The van der Waals surface area contributed by atoms with Crippen molar-refractivity contribution in [1.29, 1.82) is 0 Å². The van der Waals surface area contributed by atoms with Gasteiger partial charge in [0.05, 0.1) is 11.2 Å². The fourth-order valence-electron chi connectivity index (χ4n) is 1.55. The van der Waals surface area contributed by atoms with Crippen LogP contribution in [0.1, 0.15) is 13.3 Å². The Kier molecular flexibility index (Phi) is 3.57. The Labute approximate surface area is 104 Å². The molecule has 2 aromatic heterocycles. The van der Waals surface area contributed by atoms with Gasteiger partial charge in [0.25, 0.3) is 5.69 Å². The van der Waals surface area contributed by atoms with Gasteiger partial charge in [-0.2, -0.15) is 0 Å². The van der Waals surface area contributed by atoms with E-state index >= 15 is 0 Å². The zero-order valence-electron chi connectivity index (χ0n) is 9.92. The fourth-order valence-corrected chi connectivity index (χ4v) is 1.55. The minimum atomic E-state index is -0.464. The van der Waals surface area contributed by atoms with E-state index in [-0.39, 0.29) is 11.4 Å². The minimum Gasteiger partial charge on any atom is -0.462 e. The number of nitrogens with zero attached hydrogens (tertiary/aromatic N) is 2. The van der Waals surface area contributed by atoms with E-state index in [4.69, 9.17) is 4.42 Å². The van der Waals surface area contributed by atoms with Crippen LogP contribution >= 0.6 is 0 Å². The number of rotatable bonds is 5. The van der Waals surface area contributed by atoms with Crippen molar-refractivity contribution in [3.8, 4) is 11.5 Å². The molecule has 0 aliphatic heterocycles. The number of hydrogen-bond donors (Lipinski definition) is 1. The van der Waals surface area contributed by atoms with Crippen molar-refractivity contribution in [2.45, 2.75) is 13.3 Å². The topological polar surface area (TPSA) is 81.2 Å². The monoisotopic (exact) mass is 247 g/mol. The van der Waals surface area contributed by atoms with E-state index in [0.29, 0.717) is 11.6 Å². The molecule has 0 saturated carbocycles. The standard InChI is InChI=1S/C12H13N3O3/c1-2-7-13-11-6-5-9(15(16)17)12(14-11)10-4-3-8-18-10/h3-6,8H,2,7H2,1H3,(H,13,14). The third kappa shape index (κ3) is 2.48. The van der Waals surface area contributed by atoms with Crippen molar-refractivity contribution < 1.29 is 9.34 Å². The summed E-state index contributed by atoms with van der Waals surface area (Å²) in [5.74, 6) is 0.996. The number of nitro groups is 1. The third-order valence-electron chi connectivity index (χ3n) is 2.38. The second-order valence-corrected chi connectivity index (χ2v) is 3.73. The highest BCUT2D eigenvalue weighted by Crippen LogP contribution is 2.29. The van der Waals surface area contributed by atoms with Gasteiger partial charge in [-0.3, -0.25) is 10.1 Å². The van der Waals surface area contributed by atoms with Gasteiger partial charge in [0, 0.05) is 12.6 Å². The van der Waals surface area contributed by atoms with Gasteiger partial charge < -0.3 is 9.73 Å². The van der Waals surface area contributed by atoms with Gasteiger partial charge in [-0.1, -0.05) is 6.92 Å². The molecule has 2 aromatic rings. The second kappa shape index (κ2) is 5.31. The predicted octanol–water partition coefficient (Wildman–Crippen LogP) is 3.07. The molecule has 6 heteroatoms. The molecular formula is C12H13N3O3. The minimum absolute atomic E-state index is 0.0630. The molecule has 6 nitrogen and oxygen atoms in total. The van der Waals surface area contributed by atoms with Crippen LogP contribution < -0.4 is 5.32 Å². The van der Waals surface area contributed by atoms with Crippen LogP contribution in [-0.4, -0.2) is 16.5 Å². The average molecular weight is 247 g/mol. The van der Waals surface area contributed by atoms with E-state index in [1.807, 2.05) is 6.92 Å². The first-order chi connectivity index (χ1) is 8.72. The van der Waals surface area contributed by atoms with Crippen LogP contribution in [-0.2, 0) is 0 Å². The quantitative estimate of drug-likeness (QED) is 0.648. The lowest BCUT2D eigenvalue weighted by atomic mass is 10.2. The van der Waals surface area contributed by atoms with E-state index in [2.05, 4.69) is 10.3 Å². The lowest BCUT2D eigenvalue weighted by Gasteiger charge is -2.05. The Morgan fingerprint density at radius 2 is 2.28 bits per heavy atom. The van der Waals surface area contributed by atoms with Crippen LogP contribution in [0.5, 0.6) is 0 Å². The molecule has 0 amide bonds. The lowest BCUT2D eigenvalue weighted by Crippen LogP contribution is -2.03. The molecule has 0 spiro atoms. The smallest absolute Gasteiger partial charge is 0.298 e. The van der Waals surface area contributed by atoms with E-state index < -0.39 is 4.92 Å². The number of furan rings is 1. The maximum atomic E-state index is 10.9. The van der Waals surface area contributed by atoms with Gasteiger partial charge >= 0.3 is 0 Å². The fraction of sp³-hybridized carbons (Fsp3) is 0.250. The van der Waals surface area contributed by atoms with Crippen molar-refractivity contribution in [3.05, 3.63) is 40.6 Å². The van der Waals surface area contributed by atoms with Gasteiger partial charge in [-0.15, -0.1) is 0 Å². The van der Waals surface area contributed by atoms with Gasteiger partial charge in [0.15, 0.2) is 11.5 Å². The van der Waals surface area contributed by atoms with Crippen LogP contribution in [0.3, 0.4) is 0 Å². The zero-order valence-corrected chi connectivity index (χ0v) is 9.92. The highest BCUT2D eigenvalue weighted by molar-refractivity contribution is 5.67. The second-order valence-electron chi connectivity index (χ2n) is 3.73. The molecule has 0 fully saturated rings. The van der Waals surface area contributed by atoms with Crippen molar-refractivity contribution in [1.82, 2.24) is 4.98 Å². The number of hydrogen-bond acceptors (Lipinski definition) is 5. The maximum Gasteiger partial charge on any atom is 0.298 e. The Bertz CT molecular complexity index is 538. The van der Waals surface area contributed by atoms with E-state index in [1.165, 1.54) is 12.3 Å². The molecule has 0 atom stereocenters. The van der Waals surface area contributed by atoms with Crippen molar-refractivity contribution in [2.24, 2.45) is 0 Å². The van der Waals surface area contributed by atoms with Crippen LogP contribution in [0.4, 0.5) is 11.5 Å². The van der Waals surface area contributed by atoms with Gasteiger partial charge in [-0.25, -0.2) is 4.98 Å².